The van der Waals surface area contributed by atoms with Crippen LogP contribution in [0.2, 0.25) is 0 Å². The molecule has 2 aliphatic rings. The number of nitrogens with one attached hydrogen (secondary N) is 1. The first-order chi connectivity index (χ1) is 11.1. The van der Waals surface area contributed by atoms with Crippen LogP contribution in [0.3, 0.4) is 0 Å². The third-order valence-corrected chi connectivity index (χ3v) is 4.87. The molecule has 4 rings (SSSR count). The summed E-state index contributed by atoms with van der Waals surface area (Å²) in [5, 5.41) is 3.03. The number of rotatable bonds is 1. The van der Waals surface area contributed by atoms with E-state index in [2.05, 4.69) is 27.3 Å². The number of fused-ring (bicyclic) bond motifs is 1. The molecule has 1 amide bonds. The number of carbonyl (C=O) groups excluding carboxylic acids is 1. The Morgan fingerprint density at radius 1 is 1.13 bits per heavy atom. The highest BCUT2D eigenvalue weighted by molar-refractivity contribution is 9.11. The molecule has 0 saturated heterocycles. The number of aromatic nitrogens is 1. The van der Waals surface area contributed by atoms with Crippen molar-refractivity contribution in [2.45, 2.75) is 19.4 Å². The van der Waals surface area contributed by atoms with Gasteiger partial charge in [-0.25, -0.2) is 4.39 Å². The molecule has 0 unspecified atom stereocenters. The van der Waals surface area contributed by atoms with E-state index in [-0.39, 0.29) is 11.7 Å². The van der Waals surface area contributed by atoms with Crippen molar-refractivity contribution in [3.63, 3.8) is 0 Å². The van der Waals surface area contributed by atoms with Crippen molar-refractivity contribution < 1.29 is 9.18 Å². The zero-order valence-corrected chi connectivity index (χ0v) is 13.9. The Hall–Kier alpha value is -2.14. The minimum Gasteiger partial charge on any atom is -0.338 e. The van der Waals surface area contributed by atoms with E-state index in [0.717, 1.165) is 39.7 Å². The maximum Gasteiger partial charge on any atom is 0.272 e. The molecule has 5 heteroatoms. The van der Waals surface area contributed by atoms with Crippen molar-refractivity contribution >= 4 is 21.8 Å². The van der Waals surface area contributed by atoms with Crippen LogP contribution in [-0.4, -0.2) is 10.5 Å². The molecule has 0 fully saturated rings. The lowest BCUT2D eigenvalue weighted by molar-refractivity contribution is 0.0958. The van der Waals surface area contributed by atoms with Gasteiger partial charge in [0, 0.05) is 24.0 Å². The number of hydrogen-bond acceptors (Lipinski definition) is 1. The number of amides is 1. The molecule has 1 aliphatic carbocycles. The minimum absolute atomic E-state index is 0.0882. The van der Waals surface area contributed by atoms with E-state index in [9.17, 15) is 9.18 Å². The molecule has 3 nitrogen and oxygen atoms in total. The number of hydrogen-bond donors (Lipinski definition) is 1. The molecule has 116 valence electrons. The average Bonchev–Trinajstić information content (AvgIpc) is 2.89. The van der Waals surface area contributed by atoms with Crippen molar-refractivity contribution in [1.29, 1.82) is 0 Å². The van der Waals surface area contributed by atoms with Gasteiger partial charge in [0.05, 0.1) is 0 Å². The molecule has 0 saturated carbocycles. The molecule has 1 aliphatic heterocycles. The van der Waals surface area contributed by atoms with Gasteiger partial charge in [0.2, 0.25) is 0 Å². The smallest absolute Gasteiger partial charge is 0.272 e. The maximum absolute atomic E-state index is 13.1. The fraction of sp³-hybridized carbons (Fsp3) is 0.167. The fourth-order valence-corrected chi connectivity index (χ4v) is 3.53. The van der Waals surface area contributed by atoms with Gasteiger partial charge in [-0.1, -0.05) is 28.1 Å². The van der Waals surface area contributed by atoms with Crippen molar-refractivity contribution in [3.8, 4) is 11.1 Å². The zero-order chi connectivity index (χ0) is 16.0. The second-order valence-electron chi connectivity index (χ2n) is 5.80. The number of allylic oxidation sites excluding steroid dienone is 4. The Morgan fingerprint density at radius 3 is 2.70 bits per heavy atom. The van der Waals surface area contributed by atoms with Crippen molar-refractivity contribution in [1.82, 2.24) is 9.88 Å². The predicted octanol–water partition coefficient (Wildman–Crippen LogP) is 4.36. The third-order valence-electron chi connectivity index (χ3n) is 4.24. The summed E-state index contributed by atoms with van der Waals surface area (Å²) in [6, 6.07) is 8.17. The first-order valence-corrected chi connectivity index (χ1v) is 8.25. The highest BCUT2D eigenvalue weighted by Gasteiger charge is 2.23. The van der Waals surface area contributed by atoms with Crippen LogP contribution < -0.4 is 5.32 Å². The minimum atomic E-state index is -0.265. The van der Waals surface area contributed by atoms with Crippen LogP contribution in [0.4, 0.5) is 4.39 Å². The summed E-state index contributed by atoms with van der Waals surface area (Å²) in [7, 11) is 0. The van der Waals surface area contributed by atoms with Crippen molar-refractivity contribution in [3.05, 3.63) is 69.9 Å². The summed E-state index contributed by atoms with van der Waals surface area (Å²) in [4.78, 5) is 12.5. The largest absolute Gasteiger partial charge is 0.338 e. The van der Waals surface area contributed by atoms with E-state index in [1.54, 1.807) is 12.1 Å². The van der Waals surface area contributed by atoms with Gasteiger partial charge in [-0.15, -0.1) is 0 Å². The molecule has 23 heavy (non-hydrogen) atoms. The summed E-state index contributed by atoms with van der Waals surface area (Å²) in [6.07, 6.45) is 5.79. The normalized spacial score (nSPS) is 17.1. The molecule has 1 aromatic carbocycles. The second-order valence-corrected chi connectivity index (χ2v) is 6.82. The SMILES string of the molecule is O=C1NC2=C(C=C(Br)CC2)Cn2cc(-c3ccc(F)cc3)cc21. The number of nitrogens with zero attached hydrogens (tertiary/aromatic N) is 1. The van der Waals surface area contributed by atoms with Crippen LogP contribution in [0.25, 0.3) is 11.1 Å². The molecule has 0 atom stereocenters. The van der Waals surface area contributed by atoms with Crippen molar-refractivity contribution in [2.24, 2.45) is 0 Å². The lowest BCUT2D eigenvalue weighted by Gasteiger charge is -2.16. The van der Waals surface area contributed by atoms with Gasteiger partial charge < -0.3 is 9.88 Å². The van der Waals surface area contributed by atoms with Crippen LogP contribution in [0.1, 0.15) is 23.3 Å². The van der Waals surface area contributed by atoms with Gasteiger partial charge in [0.15, 0.2) is 0 Å². The van der Waals surface area contributed by atoms with Crippen LogP contribution in [0, 0.1) is 5.82 Å². The molecule has 0 bridgehead atoms. The quantitative estimate of drug-likeness (QED) is 0.792. The monoisotopic (exact) mass is 372 g/mol. The summed E-state index contributed by atoms with van der Waals surface area (Å²) >= 11 is 3.55. The average molecular weight is 373 g/mol. The molecule has 1 N–H and O–H groups in total. The van der Waals surface area contributed by atoms with Gasteiger partial charge in [0.1, 0.15) is 11.5 Å². The highest BCUT2D eigenvalue weighted by atomic mass is 79.9. The van der Waals surface area contributed by atoms with E-state index in [1.165, 1.54) is 12.1 Å². The van der Waals surface area contributed by atoms with Gasteiger partial charge >= 0.3 is 0 Å². The Balaban J connectivity index is 1.75. The standard InChI is InChI=1S/C18H14BrFN2O/c19-14-3-6-16-13(7-14)10-22-9-12(8-17(22)18(23)21-16)11-1-4-15(20)5-2-11/h1-2,4-5,7-9H,3,6,10H2,(H,21,23). The van der Waals surface area contributed by atoms with Crippen LogP contribution in [0.15, 0.2) is 58.4 Å². The summed E-state index contributed by atoms with van der Waals surface area (Å²) < 4.78 is 16.2. The molecule has 2 aromatic rings. The highest BCUT2D eigenvalue weighted by Crippen LogP contribution is 2.31. The van der Waals surface area contributed by atoms with Gasteiger partial charge in [-0.3, -0.25) is 4.79 Å². The zero-order valence-electron chi connectivity index (χ0n) is 12.3. The Labute approximate surface area is 141 Å². The fourth-order valence-electron chi connectivity index (χ4n) is 3.05. The predicted molar refractivity (Wildman–Crippen MR) is 90.6 cm³/mol. The molecule has 1 aromatic heterocycles. The van der Waals surface area contributed by atoms with Gasteiger partial charge in [-0.2, -0.15) is 0 Å². The third kappa shape index (κ3) is 2.65. The molecule has 0 radical (unpaired) electrons. The Kier molecular flexibility index (Phi) is 3.45. The van der Waals surface area contributed by atoms with E-state index < -0.39 is 0 Å². The van der Waals surface area contributed by atoms with Crippen LogP contribution >= 0.6 is 15.9 Å². The first-order valence-electron chi connectivity index (χ1n) is 7.46. The van der Waals surface area contributed by atoms with Gasteiger partial charge in [-0.05, 0) is 52.7 Å². The van der Waals surface area contributed by atoms with Gasteiger partial charge in [0.25, 0.3) is 5.91 Å². The molecular formula is C18H14BrFN2O. The summed E-state index contributed by atoms with van der Waals surface area (Å²) in [5.41, 5.74) is 4.57. The summed E-state index contributed by atoms with van der Waals surface area (Å²) in [5.74, 6) is -0.353. The Morgan fingerprint density at radius 2 is 1.91 bits per heavy atom. The van der Waals surface area contributed by atoms with E-state index in [1.807, 2.05) is 16.8 Å². The topological polar surface area (TPSA) is 34.0 Å². The second kappa shape index (κ2) is 5.49. The summed E-state index contributed by atoms with van der Waals surface area (Å²) in [6.45, 7) is 0.652. The Bertz CT molecular complexity index is 862. The lowest BCUT2D eigenvalue weighted by Crippen LogP contribution is -2.23. The molecule has 0 spiro atoms. The van der Waals surface area contributed by atoms with E-state index in [4.69, 9.17) is 0 Å². The van der Waals surface area contributed by atoms with E-state index in [0.29, 0.717) is 12.2 Å². The molecule has 2 heterocycles. The maximum atomic E-state index is 13.1. The van der Waals surface area contributed by atoms with Crippen molar-refractivity contribution in [2.75, 3.05) is 0 Å². The molecular weight excluding hydrogens is 359 g/mol. The van der Waals surface area contributed by atoms with E-state index >= 15 is 0 Å². The lowest BCUT2D eigenvalue weighted by atomic mass is 10.0. The van der Waals surface area contributed by atoms with Crippen LogP contribution in [-0.2, 0) is 6.54 Å². The van der Waals surface area contributed by atoms with Crippen LogP contribution in [0.5, 0.6) is 0 Å². The number of halogens is 2. The number of benzene rings is 1. The number of carbonyl (C=O) groups is 1. The first kappa shape index (κ1) is 14.5.